The molecule has 18 heavy (non-hydrogen) atoms. The van der Waals surface area contributed by atoms with Crippen molar-refractivity contribution in [3.05, 3.63) is 11.9 Å². The highest BCUT2D eigenvalue weighted by atomic mass is 15.4. The van der Waals surface area contributed by atoms with Gasteiger partial charge in [-0.2, -0.15) is 0 Å². The minimum atomic E-state index is 0.449. The van der Waals surface area contributed by atoms with Crippen LogP contribution in [0.5, 0.6) is 0 Å². The lowest BCUT2D eigenvalue weighted by Crippen LogP contribution is -2.06. The summed E-state index contributed by atoms with van der Waals surface area (Å²) >= 11 is 0. The van der Waals surface area contributed by atoms with Gasteiger partial charge in [-0.25, -0.2) is 0 Å². The van der Waals surface area contributed by atoms with Crippen LogP contribution >= 0.6 is 0 Å². The maximum atomic E-state index is 4.23. The van der Waals surface area contributed by atoms with Gasteiger partial charge in [0, 0.05) is 12.7 Å². The normalized spacial score (nSPS) is 12.3. The second kappa shape index (κ2) is 6.91. The third kappa shape index (κ3) is 6.77. The molecule has 0 bridgehead atoms. The second-order valence-electron chi connectivity index (χ2n) is 6.92. The Bertz CT molecular complexity index is 334. The van der Waals surface area contributed by atoms with Gasteiger partial charge in [0.25, 0.3) is 0 Å². The van der Waals surface area contributed by atoms with E-state index >= 15 is 0 Å². The first-order valence-electron chi connectivity index (χ1n) is 7.26. The molecule has 1 rings (SSSR count). The van der Waals surface area contributed by atoms with Crippen LogP contribution in [0.25, 0.3) is 0 Å². The Morgan fingerprint density at radius 3 is 2.56 bits per heavy atom. The van der Waals surface area contributed by atoms with Crippen molar-refractivity contribution in [3.8, 4) is 0 Å². The average Bonchev–Trinajstić information content (AvgIpc) is 2.68. The molecule has 3 heteroatoms. The van der Waals surface area contributed by atoms with Crippen LogP contribution in [0.3, 0.4) is 0 Å². The van der Waals surface area contributed by atoms with Crippen molar-refractivity contribution in [2.45, 2.75) is 73.3 Å². The molecule has 0 saturated carbocycles. The summed E-state index contributed by atoms with van der Waals surface area (Å²) in [6.07, 6.45) is 8.11. The van der Waals surface area contributed by atoms with Gasteiger partial charge in [-0.05, 0) is 37.0 Å². The first-order valence-corrected chi connectivity index (χ1v) is 7.26. The van der Waals surface area contributed by atoms with E-state index < -0.39 is 0 Å². The summed E-state index contributed by atoms with van der Waals surface area (Å²) in [5.41, 5.74) is 1.59. The molecule has 0 spiro atoms. The van der Waals surface area contributed by atoms with E-state index in [0.29, 0.717) is 5.41 Å². The lowest BCUT2D eigenvalue weighted by molar-refractivity contribution is 0.352. The van der Waals surface area contributed by atoms with Crippen molar-refractivity contribution in [3.63, 3.8) is 0 Å². The van der Waals surface area contributed by atoms with E-state index in [1.165, 1.54) is 25.7 Å². The maximum absolute atomic E-state index is 4.23. The SMILES string of the molecule is CC(C)CCc1cn(CCCCC(C)(C)C)nn1. The van der Waals surface area contributed by atoms with Crippen LogP contribution in [0.1, 0.15) is 66.0 Å². The van der Waals surface area contributed by atoms with Gasteiger partial charge in [-0.3, -0.25) is 4.68 Å². The van der Waals surface area contributed by atoms with Crippen molar-refractivity contribution in [2.75, 3.05) is 0 Å². The maximum Gasteiger partial charge on any atom is 0.0827 e. The molecule has 0 unspecified atom stereocenters. The van der Waals surface area contributed by atoms with Gasteiger partial charge in [-0.15, -0.1) is 5.10 Å². The van der Waals surface area contributed by atoms with E-state index in [4.69, 9.17) is 0 Å². The monoisotopic (exact) mass is 251 g/mol. The molecular formula is C15H29N3. The Hall–Kier alpha value is -0.860. The minimum Gasteiger partial charge on any atom is -0.252 e. The van der Waals surface area contributed by atoms with Crippen molar-refractivity contribution in [1.29, 1.82) is 0 Å². The molecule has 1 heterocycles. The van der Waals surface area contributed by atoms with Crippen LogP contribution in [-0.2, 0) is 13.0 Å². The van der Waals surface area contributed by atoms with E-state index in [0.717, 1.165) is 24.6 Å². The molecule has 1 aromatic rings. The highest BCUT2D eigenvalue weighted by molar-refractivity contribution is 4.92. The number of rotatable bonds is 7. The van der Waals surface area contributed by atoms with Gasteiger partial charge in [0.15, 0.2) is 0 Å². The number of unbranched alkanes of at least 4 members (excludes halogenated alkanes) is 1. The van der Waals surface area contributed by atoms with Gasteiger partial charge in [-0.1, -0.05) is 46.3 Å². The first-order chi connectivity index (χ1) is 8.37. The molecule has 0 aromatic carbocycles. The van der Waals surface area contributed by atoms with E-state index in [9.17, 15) is 0 Å². The van der Waals surface area contributed by atoms with Crippen molar-refractivity contribution in [2.24, 2.45) is 11.3 Å². The molecule has 0 atom stereocenters. The molecule has 104 valence electrons. The molecule has 0 fully saturated rings. The van der Waals surface area contributed by atoms with Crippen molar-refractivity contribution < 1.29 is 0 Å². The van der Waals surface area contributed by atoms with Gasteiger partial charge >= 0.3 is 0 Å². The molecular weight excluding hydrogens is 222 g/mol. The zero-order valence-corrected chi connectivity index (χ0v) is 12.7. The zero-order chi connectivity index (χ0) is 13.6. The molecule has 1 aromatic heterocycles. The van der Waals surface area contributed by atoms with E-state index in [2.05, 4.69) is 51.1 Å². The van der Waals surface area contributed by atoms with Crippen LogP contribution in [0.4, 0.5) is 0 Å². The fraction of sp³-hybridized carbons (Fsp3) is 0.867. The summed E-state index contributed by atoms with van der Waals surface area (Å²) < 4.78 is 2.00. The summed E-state index contributed by atoms with van der Waals surface area (Å²) in [5, 5.41) is 8.42. The van der Waals surface area contributed by atoms with E-state index in [-0.39, 0.29) is 0 Å². The van der Waals surface area contributed by atoms with Crippen LogP contribution in [0, 0.1) is 11.3 Å². The predicted octanol–water partition coefficient (Wildman–Crippen LogP) is 4.08. The molecule has 0 aliphatic heterocycles. The molecule has 0 saturated heterocycles. The zero-order valence-electron chi connectivity index (χ0n) is 12.7. The molecule has 0 radical (unpaired) electrons. The standard InChI is InChI=1S/C15H29N3/c1-13(2)8-9-14-12-18(17-16-14)11-7-6-10-15(3,4)5/h12-13H,6-11H2,1-5H3. The van der Waals surface area contributed by atoms with Crippen molar-refractivity contribution >= 4 is 0 Å². The number of aromatic nitrogens is 3. The lowest BCUT2D eigenvalue weighted by Gasteiger charge is -2.17. The number of nitrogens with zero attached hydrogens (tertiary/aromatic N) is 3. The lowest BCUT2D eigenvalue weighted by atomic mass is 9.90. The number of aryl methyl sites for hydroxylation is 2. The first kappa shape index (κ1) is 15.2. The van der Waals surface area contributed by atoms with Crippen LogP contribution in [-0.4, -0.2) is 15.0 Å². The Morgan fingerprint density at radius 1 is 1.22 bits per heavy atom. The Morgan fingerprint density at radius 2 is 1.94 bits per heavy atom. The number of hydrogen-bond acceptors (Lipinski definition) is 2. The summed E-state index contributed by atoms with van der Waals surface area (Å²) in [7, 11) is 0. The summed E-state index contributed by atoms with van der Waals surface area (Å²) in [6.45, 7) is 12.4. The minimum absolute atomic E-state index is 0.449. The van der Waals surface area contributed by atoms with Crippen molar-refractivity contribution in [1.82, 2.24) is 15.0 Å². The summed E-state index contributed by atoms with van der Waals surface area (Å²) in [4.78, 5) is 0. The van der Waals surface area contributed by atoms with Crippen LogP contribution < -0.4 is 0 Å². The third-order valence-corrected chi connectivity index (χ3v) is 3.13. The Labute approximate surface area is 112 Å². The molecule has 0 aliphatic rings. The quantitative estimate of drug-likeness (QED) is 0.684. The third-order valence-electron chi connectivity index (χ3n) is 3.13. The highest BCUT2D eigenvalue weighted by Gasteiger charge is 2.09. The molecule has 0 amide bonds. The Kier molecular flexibility index (Phi) is 5.83. The summed E-state index contributed by atoms with van der Waals surface area (Å²) in [6, 6.07) is 0. The number of hydrogen-bond donors (Lipinski definition) is 0. The fourth-order valence-electron chi connectivity index (χ4n) is 1.93. The summed E-state index contributed by atoms with van der Waals surface area (Å²) in [5.74, 6) is 0.738. The Balaban J connectivity index is 2.23. The molecule has 0 aliphatic carbocycles. The predicted molar refractivity (Wildman–Crippen MR) is 76.5 cm³/mol. The largest absolute Gasteiger partial charge is 0.252 e. The molecule has 0 N–H and O–H groups in total. The van der Waals surface area contributed by atoms with E-state index in [1.807, 2.05) is 4.68 Å². The molecule has 3 nitrogen and oxygen atoms in total. The van der Waals surface area contributed by atoms with Gasteiger partial charge in [0.1, 0.15) is 0 Å². The van der Waals surface area contributed by atoms with Gasteiger partial charge in [0.2, 0.25) is 0 Å². The van der Waals surface area contributed by atoms with E-state index in [1.54, 1.807) is 0 Å². The van der Waals surface area contributed by atoms with Gasteiger partial charge < -0.3 is 0 Å². The van der Waals surface area contributed by atoms with Gasteiger partial charge in [0.05, 0.1) is 5.69 Å². The highest BCUT2D eigenvalue weighted by Crippen LogP contribution is 2.21. The topological polar surface area (TPSA) is 30.7 Å². The van der Waals surface area contributed by atoms with Crippen LogP contribution in [0.2, 0.25) is 0 Å². The smallest absolute Gasteiger partial charge is 0.0827 e. The second-order valence-corrected chi connectivity index (χ2v) is 6.92. The van der Waals surface area contributed by atoms with Crippen LogP contribution in [0.15, 0.2) is 6.20 Å². The fourth-order valence-corrected chi connectivity index (χ4v) is 1.93. The average molecular weight is 251 g/mol.